The third-order valence-corrected chi connectivity index (χ3v) is 18.2. The van der Waals surface area contributed by atoms with Crippen LogP contribution in [0, 0.1) is 0 Å². The van der Waals surface area contributed by atoms with E-state index in [0.717, 1.165) is 5.69 Å². The molecule has 272 valence electrons. The Hall–Kier alpha value is -6.98. The molecule has 0 spiro atoms. The van der Waals surface area contributed by atoms with Gasteiger partial charge in [-0.25, -0.2) is 0 Å². The highest BCUT2D eigenvalue weighted by Crippen LogP contribution is 2.37. The fourth-order valence-corrected chi connectivity index (χ4v) is 15.6. The van der Waals surface area contributed by atoms with Gasteiger partial charge in [0.1, 0.15) is 0 Å². The summed E-state index contributed by atoms with van der Waals surface area (Å²) < 4.78 is 7.52. The predicted molar refractivity (Wildman–Crippen MR) is 252 cm³/mol. The molecule has 0 fully saturated rings. The van der Waals surface area contributed by atoms with E-state index in [0.29, 0.717) is 0 Å². The minimum atomic E-state index is -2.86. The topological polar surface area (TPSA) is 9.86 Å². The molecule has 0 atom stereocenters. The summed E-state index contributed by atoms with van der Waals surface area (Å²) in [4.78, 5) is 0. The lowest BCUT2D eigenvalue weighted by Gasteiger charge is -2.34. The molecule has 0 bridgehead atoms. The second kappa shape index (κ2) is 13.0. The molecule has 3 aromatic heterocycles. The average Bonchev–Trinajstić information content (AvgIpc) is 3.95. The van der Waals surface area contributed by atoms with Crippen molar-refractivity contribution in [1.82, 2.24) is 9.13 Å². The maximum atomic E-state index is 2.54. The molecule has 0 N–H and O–H groups in total. The molecular weight excluding hydrogens is 737 g/mol. The van der Waals surface area contributed by atoms with Crippen molar-refractivity contribution in [3.8, 4) is 11.4 Å². The SMILES string of the molecule is c1ccc(-n2c3ccccc3c3cc(-n4c5ccccc5c5cc([Si](c6ccccc6)(c6ccccc6)c6ccc7sc8ccccc8c7c6)ccc54)ccc32)cc1. The molecule has 0 saturated heterocycles. The van der Waals surface area contributed by atoms with Gasteiger partial charge in [0.2, 0.25) is 0 Å². The van der Waals surface area contributed by atoms with E-state index in [1.54, 1.807) is 0 Å². The highest BCUT2D eigenvalue weighted by Gasteiger charge is 2.42. The average molecular weight is 773 g/mol. The summed E-state index contributed by atoms with van der Waals surface area (Å²) in [6.45, 7) is 0. The van der Waals surface area contributed by atoms with E-state index in [2.05, 4.69) is 228 Å². The van der Waals surface area contributed by atoms with Gasteiger partial charge >= 0.3 is 0 Å². The Kier molecular flexibility index (Phi) is 7.46. The lowest BCUT2D eigenvalue weighted by Crippen LogP contribution is -2.74. The largest absolute Gasteiger partial charge is 0.309 e. The third-order valence-electron chi connectivity index (χ3n) is 12.3. The van der Waals surface area contributed by atoms with Crippen LogP contribution in [0.2, 0.25) is 0 Å². The number of thiophene rings is 1. The van der Waals surface area contributed by atoms with E-state index in [4.69, 9.17) is 0 Å². The van der Waals surface area contributed by atoms with Crippen molar-refractivity contribution < 1.29 is 0 Å². The van der Waals surface area contributed by atoms with Crippen LogP contribution in [0.15, 0.2) is 218 Å². The molecule has 9 aromatic carbocycles. The van der Waals surface area contributed by atoms with Crippen molar-refractivity contribution in [3.05, 3.63) is 218 Å². The van der Waals surface area contributed by atoms with Gasteiger partial charge in [-0.05, 0) is 81.4 Å². The predicted octanol–water partition coefficient (Wildman–Crippen LogP) is 11.6. The fourth-order valence-electron chi connectivity index (χ4n) is 9.78. The van der Waals surface area contributed by atoms with Crippen LogP contribution in [0.3, 0.4) is 0 Å². The zero-order valence-corrected chi connectivity index (χ0v) is 33.4. The lowest BCUT2D eigenvalue weighted by atomic mass is 10.1. The summed E-state index contributed by atoms with van der Waals surface area (Å²) >= 11 is 1.88. The number of nitrogens with zero attached hydrogens (tertiary/aromatic N) is 2. The quantitative estimate of drug-likeness (QED) is 0.118. The van der Waals surface area contributed by atoms with E-state index in [1.807, 2.05) is 11.3 Å². The maximum Gasteiger partial charge on any atom is 0.179 e. The zero-order chi connectivity index (χ0) is 38.2. The molecule has 0 aliphatic heterocycles. The molecular formula is C54H36N2SSi. The number of aromatic nitrogens is 2. The van der Waals surface area contributed by atoms with E-state index < -0.39 is 8.07 Å². The Bertz CT molecular complexity index is 3470. The number of rotatable bonds is 6. The van der Waals surface area contributed by atoms with Crippen molar-refractivity contribution in [2.45, 2.75) is 0 Å². The molecule has 4 heteroatoms. The summed E-state index contributed by atoms with van der Waals surface area (Å²) in [6.07, 6.45) is 0. The van der Waals surface area contributed by atoms with Crippen molar-refractivity contribution in [2.75, 3.05) is 0 Å². The van der Waals surface area contributed by atoms with E-state index in [-0.39, 0.29) is 0 Å². The number of hydrogen-bond acceptors (Lipinski definition) is 1. The molecule has 58 heavy (non-hydrogen) atoms. The van der Waals surface area contributed by atoms with Gasteiger partial charge in [-0.2, -0.15) is 0 Å². The van der Waals surface area contributed by atoms with Gasteiger partial charge in [0, 0.05) is 53.1 Å². The number of benzene rings is 9. The van der Waals surface area contributed by atoms with Crippen LogP contribution in [0.1, 0.15) is 0 Å². The third kappa shape index (κ3) is 4.83. The second-order valence-electron chi connectivity index (χ2n) is 15.3. The normalized spacial score (nSPS) is 12.1. The highest BCUT2D eigenvalue weighted by molar-refractivity contribution is 7.26. The standard InChI is InChI=1S/C54H36N2SSi/c1-4-16-37(17-5-1)55-49-25-13-10-22-43(49)46-34-38(28-31-51(46)55)56-50-26-14-11-23-44(50)47-35-41(29-32-52(47)56)58(39-18-6-2-7-19-39,40-20-8-3-9-21-40)42-30-33-54-48(36-42)45-24-12-15-27-53(45)57-54/h1-36H. The Morgan fingerprint density at radius 1 is 0.276 bits per heavy atom. The molecule has 12 rings (SSSR count). The number of fused-ring (bicyclic) bond motifs is 9. The summed E-state index contributed by atoms with van der Waals surface area (Å²) in [5.74, 6) is 0. The maximum absolute atomic E-state index is 2.86. The Balaban J connectivity index is 1.13. The van der Waals surface area contributed by atoms with Crippen LogP contribution < -0.4 is 20.7 Å². The van der Waals surface area contributed by atoms with Gasteiger partial charge in [0.15, 0.2) is 8.07 Å². The molecule has 0 radical (unpaired) electrons. The molecule has 2 nitrogen and oxygen atoms in total. The van der Waals surface area contributed by atoms with Gasteiger partial charge in [-0.3, -0.25) is 0 Å². The smallest absolute Gasteiger partial charge is 0.179 e. The Morgan fingerprint density at radius 2 is 0.724 bits per heavy atom. The first-order chi connectivity index (χ1) is 28.8. The summed E-state index contributed by atoms with van der Waals surface area (Å²) in [5, 5.41) is 13.2. The minimum absolute atomic E-state index is 1.16. The first-order valence-corrected chi connectivity index (χ1v) is 22.7. The van der Waals surface area contributed by atoms with Gasteiger partial charge in [0.25, 0.3) is 0 Å². The monoisotopic (exact) mass is 772 g/mol. The Morgan fingerprint density at radius 3 is 1.38 bits per heavy atom. The number of hydrogen-bond donors (Lipinski definition) is 0. The van der Waals surface area contributed by atoms with Gasteiger partial charge < -0.3 is 9.13 Å². The van der Waals surface area contributed by atoms with E-state index >= 15 is 0 Å². The first kappa shape index (κ1) is 33.2. The van der Waals surface area contributed by atoms with Crippen LogP contribution in [0.5, 0.6) is 0 Å². The number of para-hydroxylation sites is 3. The van der Waals surface area contributed by atoms with Crippen LogP contribution >= 0.6 is 11.3 Å². The molecule has 0 aliphatic carbocycles. The molecule has 3 heterocycles. The van der Waals surface area contributed by atoms with E-state index in [1.165, 1.54) is 90.2 Å². The van der Waals surface area contributed by atoms with Crippen LogP contribution in [0.25, 0.3) is 75.2 Å². The van der Waals surface area contributed by atoms with Crippen LogP contribution in [-0.4, -0.2) is 17.2 Å². The highest BCUT2D eigenvalue weighted by atomic mass is 32.1. The van der Waals surface area contributed by atoms with Gasteiger partial charge in [0.05, 0.1) is 22.1 Å². The van der Waals surface area contributed by atoms with E-state index in [9.17, 15) is 0 Å². The summed E-state index contributed by atoms with van der Waals surface area (Å²) in [6, 6.07) is 81.6. The van der Waals surface area contributed by atoms with Crippen molar-refractivity contribution in [1.29, 1.82) is 0 Å². The summed E-state index contributed by atoms with van der Waals surface area (Å²) in [5.41, 5.74) is 7.16. The molecule has 12 aromatic rings. The minimum Gasteiger partial charge on any atom is -0.309 e. The van der Waals surface area contributed by atoms with Crippen molar-refractivity contribution >= 4 is 104 Å². The van der Waals surface area contributed by atoms with Crippen LogP contribution in [-0.2, 0) is 0 Å². The van der Waals surface area contributed by atoms with Gasteiger partial charge in [-0.15, -0.1) is 11.3 Å². The first-order valence-electron chi connectivity index (χ1n) is 19.9. The summed E-state index contributed by atoms with van der Waals surface area (Å²) in [7, 11) is -2.86. The zero-order valence-electron chi connectivity index (χ0n) is 31.6. The molecule has 0 amide bonds. The van der Waals surface area contributed by atoms with Crippen molar-refractivity contribution in [2.24, 2.45) is 0 Å². The van der Waals surface area contributed by atoms with Crippen LogP contribution in [0.4, 0.5) is 0 Å². The second-order valence-corrected chi connectivity index (χ2v) is 20.2. The fraction of sp³-hybridized carbons (Fsp3) is 0. The Labute approximate surface area is 341 Å². The molecule has 0 unspecified atom stereocenters. The lowest BCUT2D eigenvalue weighted by molar-refractivity contribution is 1.17. The molecule has 0 aliphatic rings. The molecule has 0 saturated carbocycles. The van der Waals surface area contributed by atoms with Crippen molar-refractivity contribution in [3.63, 3.8) is 0 Å². The van der Waals surface area contributed by atoms with Gasteiger partial charge in [-0.1, -0.05) is 158 Å².